The average Bonchev–Trinajstić information content (AvgIpc) is 2.74. The van der Waals surface area contributed by atoms with Crippen molar-refractivity contribution >= 4 is 23.1 Å². The van der Waals surface area contributed by atoms with E-state index in [0.717, 1.165) is 30.1 Å². The Bertz CT molecular complexity index is 351. The molecule has 0 amide bonds. The monoisotopic (exact) mass is 255 g/mol. The van der Waals surface area contributed by atoms with Gasteiger partial charge in [-0.25, -0.2) is 0 Å². The zero-order valence-corrected chi connectivity index (χ0v) is 11.1. The Morgan fingerprint density at radius 2 is 2.44 bits per heavy atom. The fraction of sp³-hybridized carbons (Fsp3) is 0.500. The molecule has 0 spiro atoms. The van der Waals surface area contributed by atoms with Crippen LogP contribution in [0.1, 0.15) is 16.9 Å². The summed E-state index contributed by atoms with van der Waals surface area (Å²) in [6.07, 6.45) is 1.12. The van der Waals surface area contributed by atoms with Crippen molar-refractivity contribution < 1.29 is 4.74 Å². The number of methoxy groups -OCH3 is 1. The number of ether oxygens (including phenoxy) is 1. The van der Waals surface area contributed by atoms with Crippen LogP contribution in [0.3, 0.4) is 0 Å². The van der Waals surface area contributed by atoms with Crippen molar-refractivity contribution in [2.45, 2.75) is 12.2 Å². The van der Waals surface area contributed by atoms with Gasteiger partial charge in [-0.1, -0.05) is 11.8 Å². The van der Waals surface area contributed by atoms with Crippen LogP contribution in [-0.2, 0) is 10.5 Å². The lowest BCUT2D eigenvalue weighted by molar-refractivity contribution is 0.200. The van der Waals surface area contributed by atoms with Gasteiger partial charge >= 0.3 is 0 Å². The van der Waals surface area contributed by atoms with Crippen LogP contribution in [0.15, 0.2) is 11.4 Å². The van der Waals surface area contributed by atoms with Gasteiger partial charge in [0.05, 0.1) is 6.54 Å². The molecular weight excluding hydrogens is 238 g/mol. The van der Waals surface area contributed by atoms with E-state index in [1.165, 1.54) is 4.88 Å². The SMILES string of the molecule is COCCCSCc1cc(C#CCN)cs1. The second-order valence-electron chi connectivity index (χ2n) is 3.21. The summed E-state index contributed by atoms with van der Waals surface area (Å²) in [4.78, 5) is 1.38. The maximum absolute atomic E-state index is 5.32. The van der Waals surface area contributed by atoms with Gasteiger partial charge in [-0.15, -0.1) is 11.3 Å². The summed E-state index contributed by atoms with van der Waals surface area (Å²) >= 11 is 3.71. The highest BCUT2D eigenvalue weighted by Crippen LogP contribution is 2.20. The Morgan fingerprint density at radius 1 is 1.56 bits per heavy atom. The van der Waals surface area contributed by atoms with E-state index < -0.39 is 0 Å². The fourth-order valence-corrected chi connectivity index (χ4v) is 3.03. The van der Waals surface area contributed by atoms with Gasteiger partial charge in [0, 0.05) is 35.3 Å². The minimum absolute atomic E-state index is 0.428. The molecule has 0 aliphatic carbocycles. The lowest BCUT2D eigenvalue weighted by Gasteiger charge is -1.98. The van der Waals surface area contributed by atoms with Crippen LogP contribution < -0.4 is 5.73 Å². The summed E-state index contributed by atoms with van der Waals surface area (Å²) in [6, 6.07) is 2.15. The molecule has 1 aromatic rings. The molecule has 2 nitrogen and oxygen atoms in total. The summed E-state index contributed by atoms with van der Waals surface area (Å²) in [5.74, 6) is 8.12. The van der Waals surface area contributed by atoms with Crippen molar-refractivity contribution in [3.8, 4) is 11.8 Å². The van der Waals surface area contributed by atoms with Crippen LogP contribution >= 0.6 is 23.1 Å². The van der Waals surface area contributed by atoms with Gasteiger partial charge < -0.3 is 10.5 Å². The Hall–Kier alpha value is -0.470. The molecule has 0 bridgehead atoms. The molecule has 0 aromatic carbocycles. The minimum atomic E-state index is 0.428. The molecule has 0 saturated heterocycles. The summed E-state index contributed by atoms with van der Waals surface area (Å²) in [7, 11) is 1.74. The van der Waals surface area contributed by atoms with Gasteiger partial charge in [-0.05, 0) is 18.2 Å². The smallest absolute Gasteiger partial charge is 0.0555 e. The molecule has 0 atom stereocenters. The molecule has 16 heavy (non-hydrogen) atoms. The Kier molecular flexibility index (Phi) is 7.35. The van der Waals surface area contributed by atoms with Crippen molar-refractivity contribution in [2.24, 2.45) is 5.73 Å². The molecule has 1 aromatic heterocycles. The third-order valence-electron chi connectivity index (χ3n) is 1.87. The van der Waals surface area contributed by atoms with Gasteiger partial charge in [-0.2, -0.15) is 11.8 Å². The van der Waals surface area contributed by atoms with E-state index in [2.05, 4.69) is 23.3 Å². The van der Waals surface area contributed by atoms with Gasteiger partial charge in [0.25, 0.3) is 0 Å². The predicted molar refractivity (Wildman–Crippen MR) is 72.9 cm³/mol. The summed E-state index contributed by atoms with van der Waals surface area (Å²) in [6.45, 7) is 1.28. The molecular formula is C12H17NOS2. The molecule has 0 radical (unpaired) electrons. The van der Waals surface area contributed by atoms with Crippen molar-refractivity contribution in [2.75, 3.05) is 26.0 Å². The number of hydrogen-bond donors (Lipinski definition) is 1. The maximum atomic E-state index is 5.32. The van der Waals surface area contributed by atoms with E-state index in [0.29, 0.717) is 6.54 Å². The Labute approximate surface area is 106 Å². The second kappa shape index (κ2) is 8.66. The molecule has 0 aliphatic heterocycles. The first kappa shape index (κ1) is 13.6. The van der Waals surface area contributed by atoms with Gasteiger partial charge in [-0.3, -0.25) is 0 Å². The second-order valence-corrected chi connectivity index (χ2v) is 5.31. The topological polar surface area (TPSA) is 35.2 Å². The largest absolute Gasteiger partial charge is 0.385 e. The quantitative estimate of drug-likeness (QED) is 0.626. The third-order valence-corrected chi connectivity index (χ3v) is 4.08. The van der Waals surface area contributed by atoms with Crippen LogP contribution in [-0.4, -0.2) is 26.0 Å². The zero-order valence-electron chi connectivity index (χ0n) is 9.49. The van der Waals surface area contributed by atoms with Crippen LogP contribution in [0.25, 0.3) is 0 Å². The molecule has 2 N–H and O–H groups in total. The van der Waals surface area contributed by atoms with Crippen molar-refractivity contribution in [1.29, 1.82) is 0 Å². The fourth-order valence-electron chi connectivity index (χ4n) is 1.15. The van der Waals surface area contributed by atoms with Crippen molar-refractivity contribution in [1.82, 2.24) is 0 Å². The summed E-state index contributed by atoms with van der Waals surface area (Å²) in [5.41, 5.74) is 6.41. The first-order valence-corrected chi connectivity index (χ1v) is 7.23. The van der Waals surface area contributed by atoms with Gasteiger partial charge in [0.2, 0.25) is 0 Å². The lowest BCUT2D eigenvalue weighted by Crippen LogP contribution is -1.92. The number of rotatable bonds is 6. The first-order chi connectivity index (χ1) is 7.86. The van der Waals surface area contributed by atoms with Crippen LogP contribution in [0, 0.1) is 11.8 Å². The highest BCUT2D eigenvalue weighted by molar-refractivity contribution is 7.98. The standard InChI is InChI=1S/C12H17NOS2/c1-14-6-3-7-15-10-12-8-11(9-16-12)4-2-5-13/h8-9H,3,5-7,10,13H2,1H3. The van der Waals surface area contributed by atoms with E-state index in [-0.39, 0.29) is 0 Å². The number of thiophene rings is 1. The van der Waals surface area contributed by atoms with Crippen LogP contribution in [0.5, 0.6) is 0 Å². The Morgan fingerprint density at radius 3 is 3.19 bits per heavy atom. The van der Waals surface area contributed by atoms with Crippen molar-refractivity contribution in [3.05, 3.63) is 21.9 Å². The number of hydrogen-bond acceptors (Lipinski definition) is 4. The molecule has 0 saturated carbocycles. The molecule has 1 heterocycles. The normalized spacial score (nSPS) is 9.88. The van der Waals surface area contributed by atoms with Crippen molar-refractivity contribution in [3.63, 3.8) is 0 Å². The molecule has 1 rings (SSSR count). The van der Waals surface area contributed by atoms with E-state index in [4.69, 9.17) is 10.5 Å². The van der Waals surface area contributed by atoms with E-state index in [1.807, 2.05) is 11.8 Å². The predicted octanol–water partition coefficient (Wildman–Crippen LogP) is 2.33. The van der Waals surface area contributed by atoms with Gasteiger partial charge in [0.15, 0.2) is 0 Å². The van der Waals surface area contributed by atoms with Gasteiger partial charge in [0.1, 0.15) is 0 Å². The molecule has 0 unspecified atom stereocenters. The van der Waals surface area contributed by atoms with E-state index >= 15 is 0 Å². The number of nitrogens with two attached hydrogens (primary N) is 1. The summed E-state index contributed by atoms with van der Waals surface area (Å²) < 4.78 is 5.00. The lowest BCUT2D eigenvalue weighted by atomic mass is 10.3. The molecule has 0 fully saturated rings. The molecule has 0 aliphatic rings. The zero-order chi connectivity index (χ0) is 11.6. The number of thioether (sulfide) groups is 1. The minimum Gasteiger partial charge on any atom is -0.385 e. The highest BCUT2D eigenvalue weighted by atomic mass is 32.2. The Balaban J connectivity index is 2.24. The molecule has 4 heteroatoms. The van der Waals surface area contributed by atoms with Crippen LogP contribution in [0.2, 0.25) is 0 Å². The van der Waals surface area contributed by atoms with E-state index in [9.17, 15) is 0 Å². The highest BCUT2D eigenvalue weighted by Gasteiger charge is 1.98. The summed E-state index contributed by atoms with van der Waals surface area (Å²) in [5, 5.41) is 2.09. The third kappa shape index (κ3) is 5.57. The van der Waals surface area contributed by atoms with Crippen LogP contribution in [0.4, 0.5) is 0 Å². The average molecular weight is 255 g/mol. The van der Waals surface area contributed by atoms with E-state index in [1.54, 1.807) is 18.4 Å². The maximum Gasteiger partial charge on any atom is 0.0555 e. The molecule has 88 valence electrons. The first-order valence-electron chi connectivity index (χ1n) is 5.20.